The summed E-state index contributed by atoms with van der Waals surface area (Å²) in [6.45, 7) is 19.7. The fourth-order valence-corrected chi connectivity index (χ4v) is 9.44. The average Bonchev–Trinajstić information content (AvgIpc) is 3.87. The van der Waals surface area contributed by atoms with E-state index in [4.69, 9.17) is 19.9 Å². The number of aryl methyl sites for hydroxylation is 4. The van der Waals surface area contributed by atoms with Gasteiger partial charge in [0, 0.05) is 53.2 Å². The third-order valence-electron chi connectivity index (χ3n) is 8.37. The maximum atomic E-state index is 10.1. The molecule has 9 nitrogen and oxygen atoms in total. The molecule has 4 heterocycles. The highest BCUT2D eigenvalue weighted by Gasteiger charge is 2.32. The van der Waals surface area contributed by atoms with E-state index >= 15 is 0 Å². The van der Waals surface area contributed by atoms with E-state index < -0.39 is 0 Å². The van der Waals surface area contributed by atoms with E-state index in [2.05, 4.69) is 90.4 Å². The standard InChI is InChI=1S/C37H52N8OS4/c1-23(2)13-30(43-35-40-26(6)20-48-35)17-44(36-41-27(7)21-49-36)32(14-24(3)4)18-45(37-42-28(8)22-50-37)31(15-29-9-11-33(46)12-10-29)16-38-34-39-25(5)19-47-34/h9-12,19-24,30-32,46H,13-18H2,1-8H3,(H,38,39)(H,40,43)/t30-,31-,32-/m0/s1. The molecule has 0 aliphatic rings. The van der Waals surface area contributed by atoms with Crippen molar-refractivity contribution in [2.24, 2.45) is 11.8 Å². The zero-order chi connectivity index (χ0) is 35.8. The molecule has 0 unspecified atom stereocenters. The number of nitrogens with zero attached hydrogens (tertiary/aromatic N) is 6. The Morgan fingerprint density at radius 2 is 1.16 bits per heavy atom. The molecule has 0 saturated carbocycles. The minimum absolute atomic E-state index is 0.0618. The quantitative estimate of drug-likeness (QED) is 0.0762. The highest BCUT2D eigenvalue weighted by atomic mass is 32.1. The number of nitrogens with one attached hydrogen (secondary N) is 2. The van der Waals surface area contributed by atoms with Crippen LogP contribution in [0.4, 0.5) is 20.5 Å². The number of phenolic OH excluding ortho intramolecular Hbond substituents is 1. The van der Waals surface area contributed by atoms with Crippen molar-refractivity contribution in [3.05, 3.63) is 74.1 Å². The largest absolute Gasteiger partial charge is 0.508 e. The van der Waals surface area contributed by atoms with Gasteiger partial charge in [-0.25, -0.2) is 19.9 Å². The van der Waals surface area contributed by atoms with Gasteiger partial charge < -0.3 is 25.5 Å². The summed E-state index contributed by atoms with van der Waals surface area (Å²) in [6, 6.07) is 8.02. The summed E-state index contributed by atoms with van der Waals surface area (Å²) in [6.07, 6.45) is 2.79. The van der Waals surface area contributed by atoms with Crippen LogP contribution in [0.1, 0.15) is 68.9 Å². The predicted molar refractivity (Wildman–Crippen MR) is 216 cm³/mol. The lowest BCUT2D eigenvalue weighted by atomic mass is 9.98. The van der Waals surface area contributed by atoms with Gasteiger partial charge in [0.1, 0.15) is 5.75 Å². The van der Waals surface area contributed by atoms with Gasteiger partial charge in [-0.15, -0.1) is 45.3 Å². The van der Waals surface area contributed by atoms with Crippen LogP contribution in [0, 0.1) is 39.5 Å². The van der Waals surface area contributed by atoms with Crippen LogP contribution < -0.4 is 20.4 Å². The first-order valence-corrected chi connectivity index (χ1v) is 20.9. The zero-order valence-electron chi connectivity index (χ0n) is 30.5. The van der Waals surface area contributed by atoms with Gasteiger partial charge in [0.2, 0.25) is 0 Å². The van der Waals surface area contributed by atoms with Crippen molar-refractivity contribution >= 4 is 65.9 Å². The Balaban J connectivity index is 1.54. The van der Waals surface area contributed by atoms with Crippen molar-refractivity contribution in [3.8, 4) is 5.75 Å². The Kier molecular flexibility index (Phi) is 13.5. The van der Waals surface area contributed by atoms with Gasteiger partial charge in [0.25, 0.3) is 0 Å². The lowest BCUT2D eigenvalue weighted by Crippen LogP contribution is -2.53. The fraction of sp³-hybridized carbons (Fsp3) is 0.514. The van der Waals surface area contributed by atoms with Gasteiger partial charge in [-0.3, -0.25) is 0 Å². The van der Waals surface area contributed by atoms with Gasteiger partial charge in [-0.05, 0) is 76.5 Å². The maximum absolute atomic E-state index is 10.1. The van der Waals surface area contributed by atoms with Gasteiger partial charge in [0.15, 0.2) is 20.5 Å². The first kappa shape index (κ1) is 38.0. The van der Waals surface area contributed by atoms with E-state index in [1.54, 1.807) is 57.5 Å². The predicted octanol–water partition coefficient (Wildman–Crippen LogP) is 9.43. The highest BCUT2D eigenvalue weighted by molar-refractivity contribution is 7.14. The normalized spacial score (nSPS) is 13.5. The van der Waals surface area contributed by atoms with Crippen LogP contribution in [0.3, 0.4) is 0 Å². The third-order valence-corrected chi connectivity index (χ3v) is 12.2. The monoisotopic (exact) mass is 752 g/mol. The Labute approximate surface area is 313 Å². The molecule has 3 N–H and O–H groups in total. The van der Waals surface area contributed by atoms with Gasteiger partial charge >= 0.3 is 0 Å². The molecule has 0 fully saturated rings. The maximum Gasteiger partial charge on any atom is 0.185 e. The van der Waals surface area contributed by atoms with Gasteiger partial charge in [-0.2, -0.15) is 0 Å². The van der Waals surface area contributed by atoms with E-state index in [1.165, 1.54) is 0 Å². The molecule has 0 bridgehead atoms. The second kappa shape index (κ2) is 17.8. The van der Waals surface area contributed by atoms with Crippen molar-refractivity contribution in [1.29, 1.82) is 0 Å². The summed E-state index contributed by atoms with van der Waals surface area (Å²) >= 11 is 6.76. The number of aromatic hydroxyl groups is 1. The van der Waals surface area contributed by atoms with Crippen LogP contribution in [0.5, 0.6) is 5.75 Å². The second-order valence-electron chi connectivity index (χ2n) is 14.1. The summed E-state index contributed by atoms with van der Waals surface area (Å²) in [5, 5.41) is 30.0. The Morgan fingerprint density at radius 1 is 0.640 bits per heavy atom. The number of hydrogen-bond acceptors (Lipinski definition) is 13. The SMILES string of the molecule is Cc1csc(NC[C@H](Cc2ccc(O)cc2)N(C[C@H](CC(C)C)N(C[C@H](CC(C)C)Nc2nc(C)cs2)c2nc(C)cs2)c2nc(C)cs2)n1. The van der Waals surface area contributed by atoms with E-state index in [-0.39, 0.29) is 23.9 Å². The Morgan fingerprint density at radius 3 is 1.66 bits per heavy atom. The number of hydrogen-bond donors (Lipinski definition) is 3. The van der Waals surface area contributed by atoms with Crippen LogP contribution >= 0.6 is 45.3 Å². The molecule has 1 aromatic carbocycles. The minimum Gasteiger partial charge on any atom is -0.508 e. The molecule has 13 heteroatoms. The van der Waals surface area contributed by atoms with Crippen LogP contribution in [0.15, 0.2) is 45.8 Å². The minimum atomic E-state index is 0.0618. The van der Waals surface area contributed by atoms with Gasteiger partial charge in [-0.1, -0.05) is 39.8 Å². The lowest BCUT2D eigenvalue weighted by Gasteiger charge is -2.41. The number of anilines is 4. The number of phenols is 1. The molecular weight excluding hydrogens is 701 g/mol. The molecule has 50 heavy (non-hydrogen) atoms. The van der Waals surface area contributed by atoms with Crippen LogP contribution in [0.25, 0.3) is 0 Å². The van der Waals surface area contributed by atoms with Crippen molar-refractivity contribution in [2.75, 3.05) is 40.1 Å². The molecule has 0 spiro atoms. The van der Waals surface area contributed by atoms with Gasteiger partial charge in [0.05, 0.1) is 28.8 Å². The zero-order valence-corrected chi connectivity index (χ0v) is 33.8. The van der Waals surface area contributed by atoms with Crippen LogP contribution in [-0.2, 0) is 6.42 Å². The molecule has 0 amide bonds. The Bertz CT molecular complexity index is 1740. The highest BCUT2D eigenvalue weighted by Crippen LogP contribution is 2.32. The van der Waals surface area contributed by atoms with Crippen molar-refractivity contribution in [2.45, 2.75) is 92.8 Å². The van der Waals surface area contributed by atoms with E-state index in [0.29, 0.717) is 18.4 Å². The van der Waals surface area contributed by atoms with Crippen LogP contribution in [0.2, 0.25) is 0 Å². The topological polar surface area (TPSA) is 102 Å². The molecule has 270 valence electrons. The molecule has 0 aliphatic carbocycles. The van der Waals surface area contributed by atoms with E-state index in [0.717, 1.165) is 81.2 Å². The van der Waals surface area contributed by atoms with Crippen molar-refractivity contribution < 1.29 is 5.11 Å². The molecule has 5 aromatic rings. The molecule has 4 aromatic heterocycles. The smallest absolute Gasteiger partial charge is 0.185 e. The molecular formula is C37H52N8OS4. The summed E-state index contributed by atoms with van der Waals surface area (Å²) in [5.74, 6) is 1.26. The molecule has 0 aliphatic heterocycles. The van der Waals surface area contributed by atoms with E-state index in [9.17, 15) is 5.11 Å². The summed E-state index contributed by atoms with van der Waals surface area (Å²) in [5.41, 5.74) is 5.29. The third kappa shape index (κ3) is 11.1. The average molecular weight is 753 g/mol. The second-order valence-corrected chi connectivity index (χ2v) is 17.5. The number of aromatic nitrogens is 4. The Hall–Kier alpha value is -3.26. The summed E-state index contributed by atoms with van der Waals surface area (Å²) in [7, 11) is 0. The molecule has 0 saturated heterocycles. The molecule has 3 atom stereocenters. The first-order valence-electron chi connectivity index (χ1n) is 17.4. The van der Waals surface area contributed by atoms with Crippen molar-refractivity contribution in [1.82, 2.24) is 19.9 Å². The molecule has 0 radical (unpaired) electrons. The summed E-state index contributed by atoms with van der Waals surface area (Å²) < 4.78 is 0. The fourth-order valence-electron chi connectivity index (χ4n) is 6.20. The lowest BCUT2D eigenvalue weighted by molar-refractivity contribution is 0.423. The summed E-state index contributed by atoms with van der Waals surface area (Å²) in [4.78, 5) is 24.8. The van der Waals surface area contributed by atoms with Crippen LogP contribution in [-0.4, -0.2) is 62.8 Å². The number of rotatable bonds is 19. The first-order chi connectivity index (χ1) is 23.9. The number of thiazole rings is 4. The number of benzene rings is 1. The van der Waals surface area contributed by atoms with Crippen molar-refractivity contribution in [3.63, 3.8) is 0 Å². The molecule has 5 rings (SSSR count). The van der Waals surface area contributed by atoms with E-state index in [1.807, 2.05) is 19.1 Å².